The topological polar surface area (TPSA) is 79.7 Å². The monoisotopic (exact) mass is 604 g/mol. The second-order valence-electron chi connectivity index (χ2n) is 10.8. The van der Waals surface area contributed by atoms with Crippen LogP contribution in [0.4, 0.5) is 0 Å². The maximum Gasteiger partial charge on any atom is 0.167 e. The van der Waals surface area contributed by atoms with Gasteiger partial charge in [0.1, 0.15) is 0 Å². The van der Waals surface area contributed by atoms with Gasteiger partial charge in [0.2, 0.25) is 0 Å². The highest BCUT2D eigenvalue weighted by Gasteiger charge is 2.27. The number of unbranched alkanes of at least 4 members (excludes halogenated alkanes) is 1. The third-order valence-corrected chi connectivity index (χ3v) is 7.08. The van der Waals surface area contributed by atoms with E-state index in [0.29, 0.717) is 5.84 Å². The minimum Gasteiger partial charge on any atom is -0.369 e. The van der Waals surface area contributed by atoms with Crippen LogP contribution in [0.3, 0.4) is 0 Å². The summed E-state index contributed by atoms with van der Waals surface area (Å²) in [6, 6.07) is 18.5. The molecule has 0 saturated heterocycles. The molecule has 0 unspecified atom stereocenters. The fourth-order valence-corrected chi connectivity index (χ4v) is 4.39. The lowest BCUT2D eigenvalue weighted by molar-refractivity contribution is 0.241. The lowest BCUT2D eigenvalue weighted by atomic mass is 9.89. The van der Waals surface area contributed by atoms with Crippen LogP contribution in [-0.4, -0.2) is 23.3 Å². The fourth-order valence-electron chi connectivity index (χ4n) is 4.39. The van der Waals surface area contributed by atoms with Gasteiger partial charge in [-0.15, -0.1) is 0 Å². The van der Waals surface area contributed by atoms with Gasteiger partial charge in [-0.1, -0.05) is 146 Å². The van der Waals surface area contributed by atoms with Crippen LogP contribution in [0.25, 0.3) is 5.57 Å². The van der Waals surface area contributed by atoms with Gasteiger partial charge < -0.3 is 16.2 Å². The van der Waals surface area contributed by atoms with Gasteiger partial charge in [0.15, 0.2) is 5.84 Å². The number of likely N-dealkylation sites (N-methyl/N-ethyl adjacent to an activating group) is 1. The van der Waals surface area contributed by atoms with Crippen molar-refractivity contribution in [2.45, 2.75) is 113 Å². The molecule has 5 heteroatoms. The number of amidine groups is 1. The molecule has 0 bridgehead atoms. The van der Waals surface area contributed by atoms with Gasteiger partial charge in [0, 0.05) is 18.3 Å². The van der Waals surface area contributed by atoms with Crippen molar-refractivity contribution in [3.8, 4) is 0 Å². The molecule has 0 heterocycles. The summed E-state index contributed by atoms with van der Waals surface area (Å²) in [4.78, 5) is 2.35. The molecule has 0 spiro atoms. The van der Waals surface area contributed by atoms with Gasteiger partial charge >= 0.3 is 0 Å². The Morgan fingerprint density at radius 1 is 0.932 bits per heavy atom. The third kappa shape index (κ3) is 15.2. The summed E-state index contributed by atoms with van der Waals surface area (Å²) in [5.74, 6) is 11.5. The smallest absolute Gasteiger partial charge is 0.167 e. The van der Waals surface area contributed by atoms with Crippen LogP contribution in [0.15, 0.2) is 102 Å². The maximum atomic E-state index is 5.58. The molecule has 0 aliphatic heterocycles. The van der Waals surface area contributed by atoms with E-state index < -0.39 is 0 Å². The molecule has 246 valence electrons. The van der Waals surface area contributed by atoms with Crippen molar-refractivity contribution in [3.63, 3.8) is 0 Å². The van der Waals surface area contributed by atoms with Gasteiger partial charge in [-0.25, -0.2) is 5.84 Å². The number of nitrogens with one attached hydrogen (secondary N) is 1. The highest BCUT2D eigenvalue weighted by Crippen LogP contribution is 2.30. The zero-order valence-corrected chi connectivity index (χ0v) is 30.0. The second-order valence-corrected chi connectivity index (χ2v) is 10.8. The van der Waals surface area contributed by atoms with E-state index in [9.17, 15) is 0 Å². The minimum atomic E-state index is -0.198. The van der Waals surface area contributed by atoms with E-state index in [1.165, 1.54) is 43.4 Å². The predicted molar refractivity (Wildman–Crippen MR) is 199 cm³/mol. The largest absolute Gasteiger partial charge is 0.369 e. The maximum absolute atomic E-state index is 5.58. The van der Waals surface area contributed by atoms with E-state index in [1.54, 1.807) is 0 Å². The van der Waals surface area contributed by atoms with E-state index in [4.69, 9.17) is 11.7 Å². The Hall–Kier alpha value is -3.57. The van der Waals surface area contributed by atoms with Crippen LogP contribution in [0.5, 0.6) is 0 Å². The van der Waals surface area contributed by atoms with Crippen LogP contribution >= 0.6 is 0 Å². The van der Waals surface area contributed by atoms with Crippen LogP contribution in [0.2, 0.25) is 0 Å². The molecule has 0 amide bonds. The average molecular weight is 604 g/mol. The number of allylic oxidation sites excluding steroid dienone is 5. The van der Waals surface area contributed by atoms with E-state index in [-0.39, 0.29) is 5.54 Å². The van der Waals surface area contributed by atoms with Gasteiger partial charge in [-0.05, 0) is 69.2 Å². The van der Waals surface area contributed by atoms with Crippen molar-refractivity contribution in [3.05, 3.63) is 113 Å². The van der Waals surface area contributed by atoms with E-state index in [2.05, 4.69) is 133 Å². The number of rotatable bonds is 12. The summed E-state index contributed by atoms with van der Waals surface area (Å²) in [6.07, 6.45) is 15.5. The molecule has 2 rings (SSSR count). The molecular weight excluding hydrogens is 538 g/mol. The molecule has 0 atom stereocenters. The van der Waals surface area contributed by atoms with E-state index in [0.717, 1.165) is 28.7 Å². The molecule has 0 saturated carbocycles. The molecule has 2 aromatic rings. The van der Waals surface area contributed by atoms with Crippen LogP contribution < -0.4 is 17.1 Å². The van der Waals surface area contributed by atoms with Crippen LogP contribution in [0, 0.1) is 0 Å². The first-order chi connectivity index (χ1) is 21.1. The number of aryl methyl sites for hydroxylation is 1. The summed E-state index contributed by atoms with van der Waals surface area (Å²) in [7, 11) is 2.16. The Bertz CT molecular complexity index is 1140. The Balaban J connectivity index is 0. The molecule has 0 aliphatic rings. The van der Waals surface area contributed by atoms with Crippen LogP contribution in [0.1, 0.15) is 118 Å². The molecule has 0 aromatic heterocycles. The summed E-state index contributed by atoms with van der Waals surface area (Å²) in [6.45, 7) is 25.4. The van der Waals surface area contributed by atoms with E-state index >= 15 is 0 Å². The van der Waals surface area contributed by atoms with Crippen molar-refractivity contribution >= 4 is 11.4 Å². The van der Waals surface area contributed by atoms with Gasteiger partial charge in [0.25, 0.3) is 0 Å². The molecule has 44 heavy (non-hydrogen) atoms. The van der Waals surface area contributed by atoms with Crippen molar-refractivity contribution in [1.29, 1.82) is 0 Å². The van der Waals surface area contributed by atoms with Crippen LogP contribution in [-0.2, 0) is 6.42 Å². The lowest BCUT2D eigenvalue weighted by Crippen LogP contribution is -2.41. The predicted octanol–water partition coefficient (Wildman–Crippen LogP) is 10.2. The van der Waals surface area contributed by atoms with Gasteiger partial charge in [-0.3, -0.25) is 0 Å². The average Bonchev–Trinajstić information content (AvgIpc) is 3.04. The normalized spacial score (nSPS) is 12.0. The number of hydrazine groups is 1. The fraction of sp³-hybridized carbons (Fsp3) is 0.462. The highest BCUT2D eigenvalue weighted by atomic mass is 15.3. The molecule has 5 N–H and O–H groups in total. The number of hydrogen-bond acceptors (Lipinski definition) is 4. The standard InChI is InChI=1S/C25H39N5.C9H12.C3H8.C2H6/c1-8-11-14-21(10-3)30(7)25(5,6)20(9-2)18-17-19(4)22-15-12-13-16-23(22)24(28-26)29-27;1-2-6-9-7-4-3-5-8-9;1-3-2;1-2/h9-10,12-13,15-18H,2,8,11,14,26-27H2,1,3-7H3,(H,28,29);3-5,7-8H,2,6H2,1H3;3H2,1-2H3;1-2H3/b19-17+,20-18+,21-10-;;;. The summed E-state index contributed by atoms with van der Waals surface area (Å²) >= 11 is 0. The minimum absolute atomic E-state index is 0.198. The number of nitrogens with two attached hydrogens (primary N) is 2. The van der Waals surface area contributed by atoms with Gasteiger partial charge in [-0.2, -0.15) is 5.10 Å². The summed E-state index contributed by atoms with van der Waals surface area (Å²) < 4.78 is 0. The Morgan fingerprint density at radius 3 is 1.93 bits per heavy atom. The Morgan fingerprint density at radius 2 is 1.48 bits per heavy atom. The van der Waals surface area contributed by atoms with Crippen molar-refractivity contribution in [2.24, 2.45) is 16.8 Å². The van der Waals surface area contributed by atoms with Crippen molar-refractivity contribution < 1.29 is 0 Å². The molecule has 0 fully saturated rings. The molecule has 5 nitrogen and oxygen atoms in total. The second kappa shape index (κ2) is 25.9. The summed E-state index contributed by atoms with van der Waals surface area (Å²) in [5.41, 5.74) is 9.26. The van der Waals surface area contributed by atoms with E-state index in [1.807, 2.05) is 44.2 Å². The Kier molecular flexibility index (Phi) is 25.0. The zero-order valence-electron chi connectivity index (χ0n) is 30.0. The lowest BCUT2D eigenvalue weighted by Gasteiger charge is -2.40. The molecule has 0 radical (unpaired) electrons. The quantitative estimate of drug-likeness (QED) is 0.0741. The number of benzene rings is 2. The Labute approximate surface area is 271 Å². The first-order valence-electron chi connectivity index (χ1n) is 16.4. The molecule has 2 aromatic carbocycles. The molecule has 0 aliphatic carbocycles. The third-order valence-electron chi connectivity index (χ3n) is 7.08. The zero-order chi connectivity index (χ0) is 34.0. The van der Waals surface area contributed by atoms with Crippen molar-refractivity contribution in [2.75, 3.05) is 7.05 Å². The number of hydrogen-bond donors (Lipinski definition) is 3. The first kappa shape index (κ1) is 42.6. The number of nitrogens with zero attached hydrogens (tertiary/aromatic N) is 2. The van der Waals surface area contributed by atoms with Crippen molar-refractivity contribution in [1.82, 2.24) is 10.3 Å². The molecular formula is C39H65N5. The SMILES string of the molecule is C=C/C(=C\C=C(/C)c1ccccc1/C(=N/N)NN)C(C)(C)N(C)/C(=C\C)CCCC.CC.CCC.CCCc1ccccc1. The first-order valence-corrected chi connectivity index (χ1v) is 16.4. The van der Waals surface area contributed by atoms with Gasteiger partial charge in [0.05, 0.1) is 5.54 Å². The summed E-state index contributed by atoms with van der Waals surface area (Å²) in [5, 5.41) is 3.76. The number of hydrazone groups is 1. The highest BCUT2D eigenvalue weighted by molar-refractivity contribution is 6.02.